The summed E-state index contributed by atoms with van der Waals surface area (Å²) in [6, 6.07) is 1.22. The molecule has 1 fully saturated rings. The SMILES string of the molecule is CN1C2C=C(c3nocc3Cl)CC1CC2. The third-order valence-corrected chi connectivity index (χ3v) is 3.84. The van der Waals surface area contributed by atoms with Crippen LogP contribution in [0, 0.1) is 0 Å². The molecule has 0 aromatic carbocycles. The standard InChI is InChI=1S/C11H13ClN2O/c1-14-8-2-3-9(14)5-7(4-8)11-10(12)6-15-13-11/h4,6,8-9H,2-3,5H2,1H3. The van der Waals surface area contributed by atoms with Gasteiger partial charge in [0, 0.05) is 12.1 Å². The van der Waals surface area contributed by atoms with Crippen LogP contribution in [0.25, 0.3) is 5.57 Å². The summed E-state index contributed by atoms with van der Waals surface area (Å²) in [5.41, 5.74) is 2.08. The predicted molar refractivity (Wildman–Crippen MR) is 58.7 cm³/mol. The van der Waals surface area contributed by atoms with Crippen molar-refractivity contribution >= 4 is 17.2 Å². The lowest BCUT2D eigenvalue weighted by Crippen LogP contribution is -2.34. The van der Waals surface area contributed by atoms with Crippen molar-refractivity contribution in [2.45, 2.75) is 31.3 Å². The van der Waals surface area contributed by atoms with Gasteiger partial charge < -0.3 is 4.52 Å². The average Bonchev–Trinajstić information content (AvgIpc) is 2.70. The molecule has 0 radical (unpaired) electrons. The molecule has 0 aliphatic carbocycles. The number of hydrogen-bond acceptors (Lipinski definition) is 3. The van der Waals surface area contributed by atoms with E-state index in [4.69, 9.17) is 16.1 Å². The van der Waals surface area contributed by atoms with E-state index in [1.165, 1.54) is 24.7 Å². The molecule has 15 heavy (non-hydrogen) atoms. The molecule has 2 bridgehead atoms. The van der Waals surface area contributed by atoms with Crippen LogP contribution in [0.3, 0.4) is 0 Å². The minimum Gasteiger partial charge on any atom is -0.363 e. The van der Waals surface area contributed by atoms with Crippen LogP contribution >= 0.6 is 11.6 Å². The van der Waals surface area contributed by atoms with E-state index in [2.05, 4.69) is 23.2 Å². The zero-order chi connectivity index (χ0) is 10.4. The van der Waals surface area contributed by atoms with Crippen molar-refractivity contribution in [3.05, 3.63) is 23.1 Å². The van der Waals surface area contributed by atoms with Crippen molar-refractivity contribution in [1.29, 1.82) is 0 Å². The Morgan fingerprint density at radius 2 is 2.40 bits per heavy atom. The van der Waals surface area contributed by atoms with Gasteiger partial charge in [-0.1, -0.05) is 22.8 Å². The fourth-order valence-electron chi connectivity index (χ4n) is 2.65. The van der Waals surface area contributed by atoms with Crippen molar-refractivity contribution in [2.75, 3.05) is 7.05 Å². The molecule has 2 aliphatic heterocycles. The van der Waals surface area contributed by atoms with Crippen LogP contribution in [0.1, 0.15) is 25.0 Å². The molecule has 1 saturated heterocycles. The summed E-state index contributed by atoms with van der Waals surface area (Å²) in [6.07, 6.45) is 7.35. The number of likely N-dealkylation sites (N-methyl/N-ethyl adjacent to an activating group) is 1. The van der Waals surface area contributed by atoms with Gasteiger partial charge in [0.2, 0.25) is 0 Å². The number of halogens is 1. The Bertz CT molecular complexity index is 412. The topological polar surface area (TPSA) is 29.3 Å². The second kappa shape index (κ2) is 3.35. The van der Waals surface area contributed by atoms with Crippen LogP contribution in [0.15, 0.2) is 16.9 Å². The first kappa shape index (κ1) is 9.43. The zero-order valence-corrected chi connectivity index (χ0v) is 9.37. The van der Waals surface area contributed by atoms with Gasteiger partial charge in [0.1, 0.15) is 17.0 Å². The zero-order valence-electron chi connectivity index (χ0n) is 8.61. The molecule has 0 spiro atoms. The van der Waals surface area contributed by atoms with E-state index in [9.17, 15) is 0 Å². The van der Waals surface area contributed by atoms with Gasteiger partial charge in [-0.05, 0) is 31.9 Å². The molecule has 80 valence electrons. The van der Waals surface area contributed by atoms with Crippen LogP contribution in [0.2, 0.25) is 5.02 Å². The lowest BCUT2D eigenvalue weighted by Gasteiger charge is -2.29. The molecule has 0 saturated carbocycles. The average molecular weight is 225 g/mol. The van der Waals surface area contributed by atoms with Crippen molar-refractivity contribution in [1.82, 2.24) is 10.1 Å². The number of nitrogens with zero attached hydrogens (tertiary/aromatic N) is 2. The van der Waals surface area contributed by atoms with Crippen molar-refractivity contribution in [2.24, 2.45) is 0 Å². The normalized spacial score (nSPS) is 30.7. The van der Waals surface area contributed by atoms with Gasteiger partial charge in [0.15, 0.2) is 0 Å². The molecule has 2 unspecified atom stereocenters. The van der Waals surface area contributed by atoms with E-state index < -0.39 is 0 Å². The molecule has 3 heterocycles. The highest BCUT2D eigenvalue weighted by molar-refractivity contribution is 6.32. The van der Waals surface area contributed by atoms with Crippen molar-refractivity contribution in [3.63, 3.8) is 0 Å². The summed E-state index contributed by atoms with van der Waals surface area (Å²) in [5.74, 6) is 0. The summed E-state index contributed by atoms with van der Waals surface area (Å²) in [6.45, 7) is 0. The minimum atomic E-state index is 0.562. The molecule has 0 N–H and O–H groups in total. The van der Waals surface area contributed by atoms with Crippen LogP contribution in [0.4, 0.5) is 0 Å². The molecule has 3 nitrogen and oxygen atoms in total. The van der Waals surface area contributed by atoms with E-state index in [1.807, 2.05) is 0 Å². The smallest absolute Gasteiger partial charge is 0.143 e. The van der Waals surface area contributed by atoms with E-state index >= 15 is 0 Å². The number of aromatic nitrogens is 1. The molecule has 1 aromatic heterocycles. The quantitative estimate of drug-likeness (QED) is 0.734. The molecule has 2 atom stereocenters. The van der Waals surface area contributed by atoms with Crippen LogP contribution in [-0.2, 0) is 0 Å². The monoisotopic (exact) mass is 224 g/mol. The van der Waals surface area contributed by atoms with Crippen LogP contribution < -0.4 is 0 Å². The first-order valence-corrected chi connectivity index (χ1v) is 5.66. The number of hydrogen-bond donors (Lipinski definition) is 0. The van der Waals surface area contributed by atoms with Gasteiger partial charge in [0.25, 0.3) is 0 Å². The van der Waals surface area contributed by atoms with E-state index in [-0.39, 0.29) is 0 Å². The fourth-order valence-corrected chi connectivity index (χ4v) is 2.85. The largest absolute Gasteiger partial charge is 0.363 e. The maximum Gasteiger partial charge on any atom is 0.143 e. The Morgan fingerprint density at radius 1 is 1.53 bits per heavy atom. The summed E-state index contributed by atoms with van der Waals surface area (Å²) >= 11 is 6.01. The first-order chi connectivity index (χ1) is 7.25. The number of rotatable bonds is 1. The molecule has 1 aromatic rings. The highest BCUT2D eigenvalue weighted by Gasteiger charge is 2.35. The highest BCUT2D eigenvalue weighted by Crippen LogP contribution is 2.38. The molecular formula is C11H13ClN2O. The van der Waals surface area contributed by atoms with Crippen LogP contribution in [0.5, 0.6) is 0 Å². The van der Waals surface area contributed by atoms with Gasteiger partial charge in [-0.3, -0.25) is 4.90 Å². The third kappa shape index (κ3) is 1.42. The lowest BCUT2D eigenvalue weighted by atomic mass is 9.99. The second-order valence-electron chi connectivity index (χ2n) is 4.37. The Hall–Kier alpha value is -0.800. The van der Waals surface area contributed by atoms with Gasteiger partial charge in [-0.2, -0.15) is 0 Å². The Labute approximate surface area is 93.7 Å². The maximum atomic E-state index is 6.01. The van der Waals surface area contributed by atoms with Gasteiger partial charge in [-0.25, -0.2) is 0 Å². The van der Waals surface area contributed by atoms with Gasteiger partial charge >= 0.3 is 0 Å². The Kier molecular flexibility index (Phi) is 2.11. The fraction of sp³-hybridized carbons (Fsp3) is 0.545. The second-order valence-corrected chi connectivity index (χ2v) is 4.78. The maximum absolute atomic E-state index is 6.01. The molecule has 0 amide bonds. The van der Waals surface area contributed by atoms with Crippen LogP contribution in [-0.4, -0.2) is 29.2 Å². The summed E-state index contributed by atoms with van der Waals surface area (Å²) in [7, 11) is 2.19. The first-order valence-electron chi connectivity index (χ1n) is 5.28. The Morgan fingerprint density at radius 3 is 3.07 bits per heavy atom. The van der Waals surface area contributed by atoms with Gasteiger partial charge in [0.05, 0.1) is 0 Å². The van der Waals surface area contributed by atoms with E-state index in [0.29, 0.717) is 17.1 Å². The molecular weight excluding hydrogens is 212 g/mol. The van der Waals surface area contributed by atoms with Gasteiger partial charge in [-0.15, -0.1) is 0 Å². The summed E-state index contributed by atoms with van der Waals surface area (Å²) in [4.78, 5) is 2.44. The third-order valence-electron chi connectivity index (χ3n) is 3.57. The van der Waals surface area contributed by atoms with Crippen molar-refractivity contribution < 1.29 is 4.52 Å². The summed E-state index contributed by atoms with van der Waals surface area (Å²) in [5, 5.41) is 4.60. The molecule has 3 rings (SSSR count). The summed E-state index contributed by atoms with van der Waals surface area (Å²) < 4.78 is 4.88. The van der Waals surface area contributed by atoms with Crippen molar-refractivity contribution in [3.8, 4) is 0 Å². The highest BCUT2D eigenvalue weighted by atomic mass is 35.5. The predicted octanol–water partition coefficient (Wildman–Crippen LogP) is 2.58. The van der Waals surface area contributed by atoms with E-state index in [0.717, 1.165) is 12.1 Å². The van der Waals surface area contributed by atoms with E-state index in [1.54, 1.807) is 0 Å². The lowest BCUT2D eigenvalue weighted by molar-refractivity contribution is 0.264. The molecule has 4 heteroatoms. The molecule has 2 aliphatic rings. The number of fused-ring (bicyclic) bond motifs is 2. The minimum absolute atomic E-state index is 0.562. The Balaban J connectivity index is 1.97.